The lowest BCUT2D eigenvalue weighted by molar-refractivity contribution is 0.162. The molecule has 0 bridgehead atoms. The summed E-state index contributed by atoms with van der Waals surface area (Å²) in [6.07, 6.45) is -0.0727. The Labute approximate surface area is 69.7 Å². The zero-order valence-electron chi connectivity index (χ0n) is 6.97. The molecule has 0 aromatic rings. The summed E-state index contributed by atoms with van der Waals surface area (Å²) in [6, 6.07) is -0.0477. The van der Waals surface area contributed by atoms with E-state index in [0.29, 0.717) is 19.6 Å². The minimum atomic E-state index is -4.69. The van der Waals surface area contributed by atoms with E-state index in [2.05, 4.69) is 0 Å². The van der Waals surface area contributed by atoms with Gasteiger partial charge < -0.3 is 22.6 Å². The third-order valence-corrected chi connectivity index (χ3v) is 2.02. The highest BCUT2D eigenvalue weighted by Gasteiger charge is 2.29. The summed E-state index contributed by atoms with van der Waals surface area (Å²) in [7, 11) is 1.49. The van der Waals surface area contributed by atoms with Crippen LogP contribution >= 0.6 is 0 Å². The van der Waals surface area contributed by atoms with E-state index in [4.69, 9.17) is 4.74 Å². The van der Waals surface area contributed by atoms with Crippen molar-refractivity contribution in [3.8, 4) is 0 Å². The van der Waals surface area contributed by atoms with Crippen LogP contribution in [0, 0.1) is 0 Å². The first kappa shape index (κ1) is 9.86. The Kier molecular flexibility index (Phi) is 3.01. The first-order chi connectivity index (χ1) is 5.49. The van der Waals surface area contributed by atoms with E-state index < -0.39 is 13.4 Å². The van der Waals surface area contributed by atoms with Crippen LogP contribution in [0.3, 0.4) is 0 Å². The van der Waals surface area contributed by atoms with Gasteiger partial charge in [0.15, 0.2) is 0 Å². The SMILES string of the molecule is CN(C[B-](F)(F)F)C1CCOC1. The third kappa shape index (κ3) is 3.02. The van der Waals surface area contributed by atoms with Gasteiger partial charge in [0.1, 0.15) is 0 Å². The highest BCUT2D eigenvalue weighted by atomic mass is 19.4. The summed E-state index contributed by atoms with van der Waals surface area (Å²) in [6.45, 7) is -3.68. The number of hydrogen-bond donors (Lipinski definition) is 0. The first-order valence-corrected chi connectivity index (χ1v) is 3.98. The molecule has 2 nitrogen and oxygen atoms in total. The summed E-state index contributed by atoms with van der Waals surface area (Å²) in [4.78, 5) is 1.33. The van der Waals surface area contributed by atoms with Crippen LogP contribution in [0.5, 0.6) is 0 Å². The van der Waals surface area contributed by atoms with Crippen molar-refractivity contribution in [2.45, 2.75) is 12.5 Å². The molecule has 0 aromatic heterocycles. The maximum atomic E-state index is 11.9. The van der Waals surface area contributed by atoms with Crippen LogP contribution in [-0.4, -0.2) is 44.6 Å². The monoisotopic (exact) mass is 182 g/mol. The second-order valence-corrected chi connectivity index (χ2v) is 3.17. The Balaban J connectivity index is 2.31. The van der Waals surface area contributed by atoms with E-state index in [1.54, 1.807) is 0 Å². The highest BCUT2D eigenvalue weighted by Crippen LogP contribution is 2.15. The summed E-state index contributed by atoms with van der Waals surface area (Å²) < 4.78 is 40.8. The molecule has 1 rings (SSSR count). The molecular formula is C6H12BF3NO-. The molecule has 1 heterocycles. The molecule has 0 N–H and O–H groups in total. The largest absolute Gasteiger partial charge is 0.492 e. The van der Waals surface area contributed by atoms with Crippen molar-refractivity contribution in [3.05, 3.63) is 0 Å². The lowest BCUT2D eigenvalue weighted by Gasteiger charge is -2.28. The van der Waals surface area contributed by atoms with E-state index in [9.17, 15) is 12.9 Å². The van der Waals surface area contributed by atoms with Gasteiger partial charge in [-0.3, -0.25) is 0 Å². The molecule has 1 unspecified atom stereocenters. The molecule has 0 spiro atoms. The first-order valence-electron chi connectivity index (χ1n) is 3.98. The van der Waals surface area contributed by atoms with Gasteiger partial charge in [-0.05, 0) is 19.9 Å². The van der Waals surface area contributed by atoms with Crippen LogP contribution in [0.1, 0.15) is 6.42 Å². The average molecular weight is 182 g/mol. The van der Waals surface area contributed by atoms with Crippen LogP contribution in [0.25, 0.3) is 0 Å². The number of halogens is 3. The number of hydrogen-bond acceptors (Lipinski definition) is 2. The number of rotatable bonds is 3. The molecule has 0 aliphatic carbocycles. The van der Waals surface area contributed by atoms with Crippen molar-refractivity contribution in [2.75, 3.05) is 26.7 Å². The summed E-state index contributed by atoms with van der Waals surface area (Å²) in [5.41, 5.74) is 0. The molecule has 1 atom stereocenters. The number of ether oxygens (including phenoxy) is 1. The second kappa shape index (κ2) is 3.66. The average Bonchev–Trinajstić information content (AvgIpc) is 2.32. The molecule has 0 aromatic carbocycles. The smallest absolute Gasteiger partial charge is 0.448 e. The molecule has 1 saturated heterocycles. The number of likely N-dealkylation sites (N-methyl/N-ethyl adjacent to an activating group) is 1. The molecule has 1 aliphatic heterocycles. The Morgan fingerprint density at radius 2 is 2.17 bits per heavy atom. The van der Waals surface area contributed by atoms with Gasteiger partial charge in [0, 0.05) is 12.6 Å². The molecule has 72 valence electrons. The van der Waals surface area contributed by atoms with Gasteiger partial charge in [0.25, 0.3) is 0 Å². The van der Waals surface area contributed by atoms with Crippen molar-refractivity contribution in [1.82, 2.24) is 4.90 Å². The van der Waals surface area contributed by atoms with E-state index in [-0.39, 0.29) is 6.04 Å². The molecule has 1 aliphatic rings. The van der Waals surface area contributed by atoms with E-state index >= 15 is 0 Å². The predicted octanol–water partition coefficient (Wildman–Crippen LogP) is 1.09. The molecule has 0 radical (unpaired) electrons. The van der Waals surface area contributed by atoms with Crippen LogP contribution in [-0.2, 0) is 4.74 Å². The van der Waals surface area contributed by atoms with Crippen LogP contribution in [0.15, 0.2) is 0 Å². The summed E-state index contributed by atoms with van der Waals surface area (Å²) in [5, 5.41) is 0. The Hall–Kier alpha value is -0.225. The lowest BCUT2D eigenvalue weighted by atomic mass is 9.90. The molecule has 0 amide bonds. The molecule has 6 heteroatoms. The maximum Gasteiger partial charge on any atom is 0.492 e. The van der Waals surface area contributed by atoms with Crippen molar-refractivity contribution < 1.29 is 17.7 Å². The fourth-order valence-electron chi connectivity index (χ4n) is 1.35. The van der Waals surface area contributed by atoms with Gasteiger partial charge in [-0.1, -0.05) is 0 Å². The van der Waals surface area contributed by atoms with Crippen LogP contribution in [0.4, 0.5) is 12.9 Å². The lowest BCUT2D eigenvalue weighted by Crippen LogP contribution is -2.41. The Bertz CT molecular complexity index is 146. The van der Waals surface area contributed by atoms with Crippen molar-refractivity contribution in [1.29, 1.82) is 0 Å². The predicted molar refractivity (Wildman–Crippen MR) is 40.9 cm³/mol. The summed E-state index contributed by atoms with van der Waals surface area (Å²) in [5.74, 6) is 0. The number of nitrogens with zero attached hydrogens (tertiary/aromatic N) is 1. The Morgan fingerprint density at radius 3 is 2.58 bits per heavy atom. The Morgan fingerprint density at radius 1 is 1.50 bits per heavy atom. The van der Waals surface area contributed by atoms with Crippen molar-refractivity contribution in [2.24, 2.45) is 0 Å². The van der Waals surface area contributed by atoms with E-state index in [0.717, 1.165) is 0 Å². The van der Waals surface area contributed by atoms with Gasteiger partial charge in [0.05, 0.1) is 6.61 Å². The molecule has 0 saturated carbocycles. The van der Waals surface area contributed by atoms with Crippen molar-refractivity contribution in [3.63, 3.8) is 0 Å². The van der Waals surface area contributed by atoms with Gasteiger partial charge in [-0.15, -0.1) is 0 Å². The zero-order chi connectivity index (χ0) is 9.19. The van der Waals surface area contributed by atoms with Gasteiger partial charge in [0.2, 0.25) is 0 Å². The van der Waals surface area contributed by atoms with E-state index in [1.165, 1.54) is 11.9 Å². The normalized spacial score (nSPS) is 25.2. The minimum Gasteiger partial charge on any atom is -0.448 e. The standard InChI is InChI=1S/C6H12BF3NO/c1-11(5-7(8,9)10)6-2-3-12-4-6/h6H,2-5H2,1H3/q-1. The van der Waals surface area contributed by atoms with Crippen LogP contribution in [0.2, 0.25) is 0 Å². The van der Waals surface area contributed by atoms with E-state index in [1.807, 2.05) is 0 Å². The second-order valence-electron chi connectivity index (χ2n) is 3.17. The van der Waals surface area contributed by atoms with Gasteiger partial charge >= 0.3 is 6.98 Å². The summed E-state index contributed by atoms with van der Waals surface area (Å²) >= 11 is 0. The highest BCUT2D eigenvalue weighted by molar-refractivity contribution is 6.58. The maximum absolute atomic E-state index is 11.9. The fraction of sp³-hybridized carbons (Fsp3) is 1.00. The van der Waals surface area contributed by atoms with Gasteiger partial charge in [-0.2, -0.15) is 0 Å². The molecule has 12 heavy (non-hydrogen) atoms. The van der Waals surface area contributed by atoms with Crippen LogP contribution < -0.4 is 0 Å². The van der Waals surface area contributed by atoms with Crippen molar-refractivity contribution >= 4 is 6.98 Å². The van der Waals surface area contributed by atoms with Gasteiger partial charge in [-0.25, -0.2) is 0 Å². The molecule has 1 fully saturated rings. The third-order valence-electron chi connectivity index (χ3n) is 2.02. The fourth-order valence-corrected chi connectivity index (χ4v) is 1.35. The topological polar surface area (TPSA) is 12.5 Å². The quantitative estimate of drug-likeness (QED) is 0.605. The molecular weight excluding hydrogens is 170 g/mol. The zero-order valence-corrected chi connectivity index (χ0v) is 6.97. The minimum absolute atomic E-state index is 0.0477.